The third kappa shape index (κ3) is 6.98. The molecular formula is C28H33N3O4S. The van der Waals surface area contributed by atoms with Crippen molar-refractivity contribution in [2.75, 3.05) is 19.7 Å². The Hall–Kier alpha value is -3.10. The number of hydrogen-bond donors (Lipinski definition) is 2. The molecule has 2 N–H and O–H groups in total. The molecule has 0 atom stereocenters. The number of benzene rings is 2. The summed E-state index contributed by atoms with van der Waals surface area (Å²) in [5, 5.41) is 13.3. The number of rotatable bonds is 10. The van der Waals surface area contributed by atoms with E-state index in [-0.39, 0.29) is 11.9 Å². The predicted octanol–water partition coefficient (Wildman–Crippen LogP) is 5.41. The topological polar surface area (TPSA) is 91.8 Å². The van der Waals surface area contributed by atoms with Crippen molar-refractivity contribution in [1.82, 2.24) is 14.6 Å². The lowest BCUT2D eigenvalue weighted by molar-refractivity contribution is -0.130. The Bertz CT molecular complexity index is 1190. The third-order valence-electron chi connectivity index (χ3n) is 6.53. The van der Waals surface area contributed by atoms with Crippen LogP contribution in [0, 0.1) is 5.41 Å². The van der Waals surface area contributed by atoms with Gasteiger partial charge in [0.15, 0.2) is 0 Å². The molecule has 1 aliphatic heterocycles. The van der Waals surface area contributed by atoms with Crippen LogP contribution in [0.1, 0.15) is 49.9 Å². The molecule has 0 aliphatic carbocycles. The Morgan fingerprint density at radius 1 is 1.14 bits per heavy atom. The predicted molar refractivity (Wildman–Crippen MR) is 142 cm³/mol. The van der Waals surface area contributed by atoms with Crippen molar-refractivity contribution in [3.05, 3.63) is 66.4 Å². The second-order valence-corrected chi connectivity index (χ2v) is 11.0. The number of ether oxygens (including phenoxy) is 1. The maximum atomic E-state index is 13.0. The van der Waals surface area contributed by atoms with Crippen molar-refractivity contribution in [3.8, 4) is 5.75 Å². The second-order valence-electron chi connectivity index (χ2n) is 9.79. The van der Waals surface area contributed by atoms with Gasteiger partial charge in [0.05, 0.1) is 17.7 Å². The summed E-state index contributed by atoms with van der Waals surface area (Å²) in [5.41, 5.74) is 0.775. The maximum Gasteiger partial charge on any atom is 0.335 e. The first-order valence-electron chi connectivity index (χ1n) is 12.3. The molecule has 3 aromatic rings. The zero-order valence-electron chi connectivity index (χ0n) is 20.8. The van der Waals surface area contributed by atoms with Gasteiger partial charge < -0.3 is 15.2 Å². The van der Waals surface area contributed by atoms with Gasteiger partial charge in [0.25, 0.3) is 0 Å². The maximum absolute atomic E-state index is 13.0. The zero-order valence-corrected chi connectivity index (χ0v) is 21.6. The van der Waals surface area contributed by atoms with E-state index in [1.165, 1.54) is 0 Å². The highest BCUT2D eigenvalue weighted by Gasteiger charge is 2.30. The van der Waals surface area contributed by atoms with Gasteiger partial charge in [0.1, 0.15) is 5.75 Å². The Balaban J connectivity index is 1.17. The quantitative estimate of drug-likeness (QED) is 0.280. The molecule has 4 rings (SSSR count). The van der Waals surface area contributed by atoms with Crippen LogP contribution in [-0.2, 0) is 4.79 Å². The number of pyridine rings is 1. The van der Waals surface area contributed by atoms with E-state index in [9.17, 15) is 9.59 Å². The fourth-order valence-corrected chi connectivity index (χ4v) is 5.19. The van der Waals surface area contributed by atoms with E-state index in [0.717, 1.165) is 60.3 Å². The molecule has 2 aromatic carbocycles. The highest BCUT2D eigenvalue weighted by atomic mass is 32.2. The van der Waals surface area contributed by atoms with Crippen LogP contribution in [0.25, 0.3) is 10.9 Å². The zero-order chi connectivity index (χ0) is 25.5. The van der Waals surface area contributed by atoms with Gasteiger partial charge in [-0.1, -0.05) is 19.9 Å². The van der Waals surface area contributed by atoms with Crippen molar-refractivity contribution in [2.24, 2.45) is 5.41 Å². The van der Waals surface area contributed by atoms with E-state index in [0.29, 0.717) is 12.2 Å². The highest BCUT2D eigenvalue weighted by Crippen LogP contribution is 2.28. The number of carboxylic acids is 1. The van der Waals surface area contributed by atoms with Gasteiger partial charge in [-0.3, -0.25) is 9.78 Å². The lowest BCUT2D eigenvalue weighted by Crippen LogP contribution is -2.47. The summed E-state index contributed by atoms with van der Waals surface area (Å²) in [4.78, 5) is 29.3. The van der Waals surface area contributed by atoms with E-state index in [1.54, 1.807) is 30.3 Å². The smallest absolute Gasteiger partial charge is 0.335 e. The first kappa shape index (κ1) is 26.0. The minimum Gasteiger partial charge on any atom is -0.494 e. The number of nitrogens with one attached hydrogen (secondary N) is 1. The number of hydrogen-bond acceptors (Lipinski definition) is 6. The fourth-order valence-electron chi connectivity index (χ4n) is 4.24. The van der Waals surface area contributed by atoms with E-state index in [4.69, 9.17) is 9.84 Å². The minimum atomic E-state index is -0.916. The standard InChI is InChI=1S/C28H33N3O4S/c1-28(2,14-4-18-35-23-8-11-25-21(19-23)5-3-15-29-25)27(34)30-22-12-16-31(17-13-22)36-24-9-6-20(7-10-24)26(32)33/h3,5-11,15,19,22H,4,12-14,16-18H2,1-2H3,(H,30,34)(H,32,33). The Labute approximate surface area is 216 Å². The lowest BCUT2D eigenvalue weighted by Gasteiger charge is -2.33. The molecule has 1 amide bonds. The molecule has 1 aliphatic rings. The van der Waals surface area contributed by atoms with Crippen LogP contribution < -0.4 is 10.1 Å². The first-order chi connectivity index (χ1) is 17.3. The number of aromatic carboxylic acids is 1. The van der Waals surface area contributed by atoms with Gasteiger partial charge in [0.2, 0.25) is 5.91 Å². The van der Waals surface area contributed by atoms with Crippen molar-refractivity contribution < 1.29 is 19.4 Å². The van der Waals surface area contributed by atoms with Gasteiger partial charge in [-0.2, -0.15) is 0 Å². The summed E-state index contributed by atoms with van der Waals surface area (Å²) < 4.78 is 8.19. The number of carboxylic acid groups (broad SMARTS) is 1. The Kier molecular flexibility index (Phi) is 8.48. The van der Waals surface area contributed by atoms with Crippen molar-refractivity contribution in [2.45, 2.75) is 50.5 Å². The van der Waals surface area contributed by atoms with Gasteiger partial charge in [-0.25, -0.2) is 9.10 Å². The molecule has 1 fully saturated rings. The van der Waals surface area contributed by atoms with Gasteiger partial charge in [-0.15, -0.1) is 0 Å². The number of carbonyl (C=O) groups excluding carboxylic acids is 1. The average molecular weight is 508 g/mol. The molecule has 0 unspecified atom stereocenters. The van der Waals surface area contributed by atoms with E-state index < -0.39 is 11.4 Å². The number of fused-ring (bicyclic) bond motifs is 1. The van der Waals surface area contributed by atoms with E-state index in [2.05, 4.69) is 14.6 Å². The molecule has 7 nitrogen and oxygen atoms in total. The van der Waals surface area contributed by atoms with E-state index >= 15 is 0 Å². The molecule has 36 heavy (non-hydrogen) atoms. The minimum absolute atomic E-state index is 0.0923. The molecule has 0 bridgehead atoms. The van der Waals surface area contributed by atoms with Crippen LogP contribution in [0.2, 0.25) is 0 Å². The van der Waals surface area contributed by atoms with Crippen LogP contribution in [0.3, 0.4) is 0 Å². The Morgan fingerprint density at radius 3 is 2.61 bits per heavy atom. The number of aromatic nitrogens is 1. The number of carbonyl (C=O) groups is 2. The van der Waals surface area contributed by atoms with Crippen LogP contribution in [0.4, 0.5) is 0 Å². The van der Waals surface area contributed by atoms with Crippen molar-refractivity contribution >= 4 is 34.7 Å². The number of amides is 1. The second kappa shape index (κ2) is 11.8. The number of nitrogens with zero attached hydrogens (tertiary/aromatic N) is 2. The summed E-state index contributed by atoms with van der Waals surface area (Å²) in [6.07, 6.45) is 5.10. The normalized spacial score (nSPS) is 15.1. The lowest BCUT2D eigenvalue weighted by atomic mass is 9.86. The fraction of sp³-hybridized carbons (Fsp3) is 0.393. The summed E-state index contributed by atoms with van der Waals surface area (Å²) in [6, 6.07) is 16.9. The van der Waals surface area contributed by atoms with Crippen LogP contribution in [0.5, 0.6) is 5.75 Å². The third-order valence-corrected chi connectivity index (χ3v) is 7.64. The average Bonchev–Trinajstić information content (AvgIpc) is 2.88. The molecule has 0 saturated carbocycles. The highest BCUT2D eigenvalue weighted by molar-refractivity contribution is 7.97. The monoisotopic (exact) mass is 507 g/mol. The van der Waals surface area contributed by atoms with Gasteiger partial charge in [-0.05, 0) is 86.2 Å². The van der Waals surface area contributed by atoms with Crippen LogP contribution >= 0.6 is 11.9 Å². The van der Waals surface area contributed by atoms with Gasteiger partial charge in [0, 0.05) is 41.0 Å². The molecule has 190 valence electrons. The van der Waals surface area contributed by atoms with Crippen LogP contribution in [-0.4, -0.2) is 52.0 Å². The SMILES string of the molecule is CC(C)(CCCOc1ccc2ncccc2c1)C(=O)NC1CCN(Sc2ccc(C(=O)O)cc2)CC1. The van der Waals surface area contributed by atoms with Crippen molar-refractivity contribution in [3.63, 3.8) is 0 Å². The van der Waals surface area contributed by atoms with Crippen molar-refractivity contribution in [1.29, 1.82) is 0 Å². The molecule has 1 saturated heterocycles. The molecule has 0 spiro atoms. The van der Waals surface area contributed by atoms with E-state index in [1.807, 2.05) is 56.3 Å². The van der Waals surface area contributed by atoms with Gasteiger partial charge >= 0.3 is 5.97 Å². The summed E-state index contributed by atoms with van der Waals surface area (Å²) >= 11 is 1.63. The molecule has 8 heteroatoms. The molecule has 2 heterocycles. The Morgan fingerprint density at radius 2 is 1.89 bits per heavy atom. The summed E-state index contributed by atoms with van der Waals surface area (Å²) in [6.45, 7) is 6.29. The largest absolute Gasteiger partial charge is 0.494 e. The summed E-state index contributed by atoms with van der Waals surface area (Å²) in [5.74, 6) is -0.00360. The molecule has 0 radical (unpaired) electrons. The number of piperidine rings is 1. The molecule has 1 aromatic heterocycles. The molecular weight excluding hydrogens is 474 g/mol. The van der Waals surface area contributed by atoms with Crippen LogP contribution in [0.15, 0.2) is 65.7 Å². The summed E-state index contributed by atoms with van der Waals surface area (Å²) in [7, 11) is 0. The first-order valence-corrected chi connectivity index (χ1v) is 13.1.